The van der Waals surface area contributed by atoms with E-state index in [0.717, 1.165) is 38.6 Å². The van der Waals surface area contributed by atoms with E-state index in [0.29, 0.717) is 18.5 Å². The van der Waals surface area contributed by atoms with Gasteiger partial charge in [0.25, 0.3) is 0 Å². The first-order chi connectivity index (χ1) is 9.33. The highest BCUT2D eigenvalue weighted by molar-refractivity contribution is 5.78. The third-order valence-electron chi connectivity index (χ3n) is 4.99. The fraction of sp³-hybridized carbons (Fsp3) is 0.933. The second-order valence-corrected chi connectivity index (χ2v) is 6.45. The molecule has 2 atom stereocenters. The van der Waals surface area contributed by atoms with E-state index in [2.05, 4.69) is 15.1 Å². The van der Waals surface area contributed by atoms with Crippen molar-refractivity contribution in [1.29, 1.82) is 0 Å². The van der Waals surface area contributed by atoms with Crippen LogP contribution in [0, 0.1) is 5.92 Å². The van der Waals surface area contributed by atoms with Crippen LogP contribution >= 0.6 is 0 Å². The highest BCUT2D eigenvalue weighted by Crippen LogP contribution is 2.24. The standard InChI is InChI=1S/C15H27N3O/c19-15(18-8-3-1-2-4-9-18)12-17-10-13-6-5-7-16-14(13)11-17/h13-14,16H,1-12H2/t13-,14+/m0/s1. The van der Waals surface area contributed by atoms with Crippen LogP contribution in [-0.4, -0.2) is 61.0 Å². The van der Waals surface area contributed by atoms with Crippen molar-refractivity contribution in [2.45, 2.75) is 44.6 Å². The number of hydrogen-bond acceptors (Lipinski definition) is 3. The molecule has 4 heteroatoms. The number of likely N-dealkylation sites (tertiary alicyclic amines) is 2. The van der Waals surface area contributed by atoms with Gasteiger partial charge in [-0.2, -0.15) is 0 Å². The molecule has 0 bridgehead atoms. The van der Waals surface area contributed by atoms with Crippen LogP contribution in [0.2, 0.25) is 0 Å². The summed E-state index contributed by atoms with van der Waals surface area (Å²) in [6.45, 7) is 5.97. The minimum absolute atomic E-state index is 0.362. The summed E-state index contributed by atoms with van der Waals surface area (Å²) < 4.78 is 0. The minimum Gasteiger partial charge on any atom is -0.342 e. The van der Waals surface area contributed by atoms with Crippen molar-refractivity contribution in [3.63, 3.8) is 0 Å². The monoisotopic (exact) mass is 265 g/mol. The molecule has 3 aliphatic rings. The lowest BCUT2D eigenvalue weighted by molar-refractivity contribution is -0.132. The van der Waals surface area contributed by atoms with Crippen LogP contribution in [0.4, 0.5) is 0 Å². The predicted molar refractivity (Wildman–Crippen MR) is 76.0 cm³/mol. The summed E-state index contributed by atoms with van der Waals surface area (Å²) in [5.41, 5.74) is 0. The lowest BCUT2D eigenvalue weighted by Gasteiger charge is -2.24. The average Bonchev–Trinajstić information content (AvgIpc) is 2.63. The van der Waals surface area contributed by atoms with Crippen LogP contribution in [0.25, 0.3) is 0 Å². The third-order valence-corrected chi connectivity index (χ3v) is 4.99. The topological polar surface area (TPSA) is 35.6 Å². The van der Waals surface area contributed by atoms with E-state index in [1.165, 1.54) is 38.5 Å². The van der Waals surface area contributed by atoms with Crippen molar-refractivity contribution in [2.75, 3.05) is 39.3 Å². The van der Waals surface area contributed by atoms with Crippen LogP contribution in [0.5, 0.6) is 0 Å². The van der Waals surface area contributed by atoms with E-state index >= 15 is 0 Å². The van der Waals surface area contributed by atoms with Crippen LogP contribution in [-0.2, 0) is 4.79 Å². The number of nitrogens with zero attached hydrogens (tertiary/aromatic N) is 2. The maximum absolute atomic E-state index is 12.4. The number of amides is 1. The van der Waals surface area contributed by atoms with Crippen molar-refractivity contribution in [3.05, 3.63) is 0 Å². The normalized spacial score (nSPS) is 32.9. The largest absolute Gasteiger partial charge is 0.342 e. The highest BCUT2D eigenvalue weighted by Gasteiger charge is 2.35. The van der Waals surface area contributed by atoms with Gasteiger partial charge in [0.1, 0.15) is 0 Å². The molecule has 0 aromatic rings. The Morgan fingerprint density at radius 2 is 1.84 bits per heavy atom. The Kier molecular flexibility index (Phi) is 4.38. The molecule has 0 spiro atoms. The quantitative estimate of drug-likeness (QED) is 0.811. The summed E-state index contributed by atoms with van der Waals surface area (Å²) >= 11 is 0. The zero-order valence-electron chi connectivity index (χ0n) is 11.9. The minimum atomic E-state index is 0.362. The molecule has 1 amide bonds. The number of fused-ring (bicyclic) bond motifs is 1. The van der Waals surface area contributed by atoms with Crippen molar-refractivity contribution >= 4 is 5.91 Å². The van der Waals surface area contributed by atoms with Crippen molar-refractivity contribution in [2.24, 2.45) is 5.92 Å². The Balaban J connectivity index is 1.49. The Bertz CT molecular complexity index is 299. The molecule has 3 aliphatic heterocycles. The van der Waals surface area contributed by atoms with Crippen LogP contribution in [0.3, 0.4) is 0 Å². The van der Waals surface area contributed by atoms with Gasteiger partial charge in [0.15, 0.2) is 0 Å². The van der Waals surface area contributed by atoms with Gasteiger partial charge >= 0.3 is 0 Å². The molecule has 0 aliphatic carbocycles. The molecule has 1 N–H and O–H groups in total. The molecular formula is C15H27N3O. The molecule has 3 rings (SSSR count). The van der Waals surface area contributed by atoms with E-state index in [9.17, 15) is 4.79 Å². The molecule has 19 heavy (non-hydrogen) atoms. The summed E-state index contributed by atoms with van der Waals surface area (Å²) in [4.78, 5) is 16.9. The van der Waals surface area contributed by atoms with E-state index in [4.69, 9.17) is 0 Å². The molecule has 0 radical (unpaired) electrons. The van der Waals surface area contributed by atoms with Gasteiger partial charge in [0.2, 0.25) is 5.91 Å². The maximum atomic E-state index is 12.4. The first kappa shape index (κ1) is 13.4. The summed E-state index contributed by atoms with van der Waals surface area (Å²) in [5.74, 6) is 1.14. The number of carbonyl (C=O) groups is 1. The predicted octanol–water partition coefficient (Wildman–Crippen LogP) is 1.07. The van der Waals surface area contributed by atoms with Crippen molar-refractivity contribution < 1.29 is 4.79 Å². The Labute approximate surface area is 116 Å². The van der Waals surface area contributed by atoms with E-state index in [-0.39, 0.29) is 0 Å². The second kappa shape index (κ2) is 6.23. The van der Waals surface area contributed by atoms with Crippen LogP contribution < -0.4 is 5.32 Å². The van der Waals surface area contributed by atoms with Crippen molar-refractivity contribution in [1.82, 2.24) is 15.1 Å². The van der Waals surface area contributed by atoms with Gasteiger partial charge in [0, 0.05) is 32.2 Å². The van der Waals surface area contributed by atoms with E-state index < -0.39 is 0 Å². The number of piperidine rings is 1. The molecule has 3 fully saturated rings. The summed E-state index contributed by atoms with van der Waals surface area (Å²) in [6.07, 6.45) is 7.61. The van der Waals surface area contributed by atoms with Gasteiger partial charge in [-0.15, -0.1) is 0 Å². The van der Waals surface area contributed by atoms with Gasteiger partial charge in [0.05, 0.1) is 6.54 Å². The molecule has 0 aromatic carbocycles. The lowest BCUT2D eigenvalue weighted by atomic mass is 9.94. The molecule has 0 aromatic heterocycles. The molecule has 0 saturated carbocycles. The molecular weight excluding hydrogens is 238 g/mol. The molecule has 3 heterocycles. The fourth-order valence-electron chi connectivity index (χ4n) is 3.88. The fourth-order valence-corrected chi connectivity index (χ4v) is 3.88. The smallest absolute Gasteiger partial charge is 0.236 e. The number of nitrogens with one attached hydrogen (secondary N) is 1. The van der Waals surface area contributed by atoms with E-state index in [1.54, 1.807) is 0 Å². The lowest BCUT2D eigenvalue weighted by Crippen LogP contribution is -2.42. The van der Waals surface area contributed by atoms with Gasteiger partial charge < -0.3 is 10.2 Å². The molecule has 0 unspecified atom stereocenters. The highest BCUT2D eigenvalue weighted by atomic mass is 16.2. The average molecular weight is 265 g/mol. The summed E-state index contributed by atoms with van der Waals surface area (Å²) in [5, 5.41) is 3.61. The van der Waals surface area contributed by atoms with Crippen LogP contribution in [0.1, 0.15) is 38.5 Å². The Hall–Kier alpha value is -0.610. The van der Waals surface area contributed by atoms with Crippen molar-refractivity contribution in [3.8, 4) is 0 Å². The van der Waals surface area contributed by atoms with Gasteiger partial charge in [-0.05, 0) is 38.1 Å². The van der Waals surface area contributed by atoms with Gasteiger partial charge in [-0.3, -0.25) is 9.69 Å². The molecule has 108 valence electrons. The zero-order valence-corrected chi connectivity index (χ0v) is 11.9. The number of hydrogen-bond donors (Lipinski definition) is 1. The number of rotatable bonds is 2. The first-order valence-corrected chi connectivity index (χ1v) is 8.06. The number of carbonyl (C=O) groups excluding carboxylic acids is 1. The molecule has 4 nitrogen and oxygen atoms in total. The maximum Gasteiger partial charge on any atom is 0.236 e. The summed E-state index contributed by atoms with van der Waals surface area (Å²) in [6, 6.07) is 0.644. The van der Waals surface area contributed by atoms with Gasteiger partial charge in [-0.25, -0.2) is 0 Å². The Morgan fingerprint density at radius 1 is 1.05 bits per heavy atom. The van der Waals surface area contributed by atoms with E-state index in [1.807, 2.05) is 0 Å². The van der Waals surface area contributed by atoms with Crippen LogP contribution in [0.15, 0.2) is 0 Å². The zero-order chi connectivity index (χ0) is 13.1. The Morgan fingerprint density at radius 3 is 2.58 bits per heavy atom. The SMILES string of the molecule is O=C(CN1C[C@@H]2CCCN[C@@H]2C1)N1CCCCCC1. The first-order valence-electron chi connectivity index (χ1n) is 8.06. The third kappa shape index (κ3) is 3.29. The second-order valence-electron chi connectivity index (χ2n) is 6.45. The van der Waals surface area contributed by atoms with Gasteiger partial charge in [-0.1, -0.05) is 12.8 Å². The molecule has 3 saturated heterocycles. The summed E-state index contributed by atoms with van der Waals surface area (Å²) in [7, 11) is 0.